The maximum Gasteiger partial charge on any atom is 0.0955 e. The molecule has 0 bridgehead atoms. The van der Waals surface area contributed by atoms with Gasteiger partial charge >= 0.3 is 0 Å². The first-order chi connectivity index (χ1) is 10.7. The van der Waals surface area contributed by atoms with Crippen LogP contribution in [0.4, 0.5) is 11.4 Å². The maximum atomic E-state index is 4.43. The molecule has 0 amide bonds. The van der Waals surface area contributed by atoms with Crippen LogP contribution < -0.4 is 10.6 Å². The van der Waals surface area contributed by atoms with Crippen molar-refractivity contribution < 1.29 is 1.43 Å². The second-order valence-corrected chi connectivity index (χ2v) is 5.83. The summed E-state index contributed by atoms with van der Waals surface area (Å²) in [4.78, 5) is 4.43. The molecule has 128 valence electrons. The molecule has 0 unspecified atom stereocenters. The zero-order valence-corrected chi connectivity index (χ0v) is 12.7. The van der Waals surface area contributed by atoms with E-state index in [0.717, 1.165) is 28.8 Å². The van der Waals surface area contributed by atoms with Crippen LogP contribution in [0.3, 0.4) is 0 Å². The summed E-state index contributed by atoms with van der Waals surface area (Å²) in [6, 6.07) is 12.9. The molecule has 4 rings (SSSR count). The third kappa shape index (κ3) is 3.43. The van der Waals surface area contributed by atoms with Gasteiger partial charge in [0.05, 0.1) is 17.4 Å². The number of aromatic nitrogens is 2. The van der Waals surface area contributed by atoms with Gasteiger partial charge in [0.1, 0.15) is 0 Å². The lowest BCUT2D eigenvalue weighted by Crippen LogP contribution is -1.94. The summed E-state index contributed by atoms with van der Waals surface area (Å²) in [5.41, 5.74) is 8.21. The largest absolute Gasteiger partial charge is 0.362 e. The molecule has 2 aromatic carbocycles. The van der Waals surface area contributed by atoms with Gasteiger partial charge in [0.2, 0.25) is 0 Å². The highest BCUT2D eigenvalue weighted by molar-refractivity contribution is 5.84. The molecule has 0 fully saturated rings. The molecule has 0 spiro atoms. The lowest BCUT2D eigenvalue weighted by Gasteiger charge is -2.09. The number of aryl methyl sites for hydroxylation is 2. The molecule has 4 nitrogen and oxygen atoms in total. The molecular formula is C20H28N4. The van der Waals surface area contributed by atoms with E-state index in [1.807, 2.05) is 24.1 Å². The van der Waals surface area contributed by atoms with Crippen molar-refractivity contribution in [3.63, 3.8) is 0 Å². The van der Waals surface area contributed by atoms with Gasteiger partial charge < -0.3 is 15.2 Å². The molecule has 0 saturated heterocycles. The van der Waals surface area contributed by atoms with E-state index in [1.54, 1.807) is 0 Å². The first-order valence-corrected chi connectivity index (χ1v) is 7.42. The lowest BCUT2D eigenvalue weighted by atomic mass is 10.1. The SMILES string of the molecule is C.C.Cc1cc(Nc2ccc(CC3=CN3)cc2)cc2c1ncn2C.[HH]. The van der Waals surface area contributed by atoms with Gasteiger partial charge in [-0.25, -0.2) is 4.98 Å². The molecule has 0 atom stereocenters. The summed E-state index contributed by atoms with van der Waals surface area (Å²) >= 11 is 0. The highest BCUT2D eigenvalue weighted by Gasteiger charge is 2.08. The lowest BCUT2D eigenvalue weighted by molar-refractivity contribution is 0.948. The summed E-state index contributed by atoms with van der Waals surface area (Å²) < 4.78 is 2.05. The van der Waals surface area contributed by atoms with Crippen molar-refractivity contribution in [1.29, 1.82) is 0 Å². The minimum absolute atomic E-state index is 0. The Kier molecular flexibility index (Phi) is 4.98. The fourth-order valence-electron chi connectivity index (χ4n) is 2.72. The Morgan fingerprint density at radius 1 is 1.12 bits per heavy atom. The Labute approximate surface area is 145 Å². The van der Waals surface area contributed by atoms with Crippen molar-refractivity contribution in [1.82, 2.24) is 14.9 Å². The molecule has 2 N–H and O–H groups in total. The van der Waals surface area contributed by atoms with Gasteiger partial charge in [0, 0.05) is 38.2 Å². The van der Waals surface area contributed by atoms with E-state index < -0.39 is 0 Å². The summed E-state index contributed by atoms with van der Waals surface area (Å²) in [5.74, 6) is 0. The van der Waals surface area contributed by atoms with Crippen LogP contribution in [0, 0.1) is 6.92 Å². The molecule has 1 aromatic heterocycles. The number of benzene rings is 2. The maximum absolute atomic E-state index is 4.43. The minimum Gasteiger partial charge on any atom is -0.362 e. The molecule has 2 heterocycles. The molecule has 0 saturated carbocycles. The van der Waals surface area contributed by atoms with Crippen LogP contribution in [0.25, 0.3) is 11.0 Å². The number of hydrogen-bond donors (Lipinski definition) is 2. The number of allylic oxidation sites excluding steroid dienone is 1. The number of imidazole rings is 1. The summed E-state index contributed by atoms with van der Waals surface area (Å²) in [6.45, 7) is 2.10. The first-order valence-electron chi connectivity index (χ1n) is 7.42. The van der Waals surface area contributed by atoms with E-state index in [1.165, 1.54) is 16.8 Å². The average Bonchev–Trinajstić information content (AvgIpc) is 3.24. The van der Waals surface area contributed by atoms with Crippen molar-refractivity contribution in [3.8, 4) is 0 Å². The molecule has 0 aliphatic carbocycles. The van der Waals surface area contributed by atoms with Crippen molar-refractivity contribution in [2.24, 2.45) is 7.05 Å². The molecule has 4 heteroatoms. The fourth-order valence-corrected chi connectivity index (χ4v) is 2.72. The van der Waals surface area contributed by atoms with Crippen LogP contribution in [0.1, 0.15) is 27.4 Å². The predicted molar refractivity (Wildman–Crippen MR) is 106 cm³/mol. The second-order valence-electron chi connectivity index (χ2n) is 5.83. The molecule has 1 aliphatic heterocycles. The van der Waals surface area contributed by atoms with Gasteiger partial charge in [-0.1, -0.05) is 27.0 Å². The average molecular weight is 324 g/mol. The number of nitrogens with zero attached hydrogens (tertiary/aromatic N) is 2. The number of nitrogens with one attached hydrogen (secondary N) is 2. The highest BCUT2D eigenvalue weighted by atomic mass is 15.0. The van der Waals surface area contributed by atoms with Crippen LogP contribution >= 0.6 is 0 Å². The Morgan fingerprint density at radius 3 is 2.50 bits per heavy atom. The summed E-state index contributed by atoms with van der Waals surface area (Å²) in [7, 11) is 2.02. The molecule has 3 aromatic rings. The predicted octanol–water partition coefficient (Wildman–Crippen LogP) is 5.13. The van der Waals surface area contributed by atoms with Crippen molar-refractivity contribution in [3.05, 3.63) is 65.7 Å². The number of anilines is 2. The van der Waals surface area contributed by atoms with Gasteiger partial charge in [0.15, 0.2) is 0 Å². The fraction of sp³-hybridized carbons (Fsp3) is 0.250. The van der Waals surface area contributed by atoms with Crippen molar-refractivity contribution in [2.75, 3.05) is 5.32 Å². The summed E-state index contributed by atoms with van der Waals surface area (Å²) in [5, 5.41) is 6.61. The van der Waals surface area contributed by atoms with Gasteiger partial charge in [-0.15, -0.1) is 0 Å². The van der Waals surface area contributed by atoms with E-state index in [-0.39, 0.29) is 16.3 Å². The Hall–Kier alpha value is -2.75. The molecule has 1 aliphatic rings. The van der Waals surface area contributed by atoms with Crippen LogP contribution in [-0.2, 0) is 13.5 Å². The van der Waals surface area contributed by atoms with Gasteiger partial charge in [-0.3, -0.25) is 0 Å². The molecule has 0 radical (unpaired) electrons. The first kappa shape index (κ1) is 17.6. The standard InChI is InChI=1S/C18H18N4.2CH4.H2/c1-12-7-15(9-17-18(12)20-11-22(17)2)21-14-5-3-13(4-6-14)8-16-10-19-16;;;/h3-7,9-11,19,21H,8H2,1-2H3;2*1H4;1H. The van der Waals surface area contributed by atoms with E-state index >= 15 is 0 Å². The Morgan fingerprint density at radius 2 is 1.83 bits per heavy atom. The van der Waals surface area contributed by atoms with Crippen LogP contribution in [0.5, 0.6) is 0 Å². The van der Waals surface area contributed by atoms with Gasteiger partial charge in [0.25, 0.3) is 0 Å². The van der Waals surface area contributed by atoms with Gasteiger partial charge in [-0.05, 0) is 42.3 Å². The van der Waals surface area contributed by atoms with Crippen LogP contribution in [0.15, 0.2) is 54.6 Å². The number of hydrogen-bond acceptors (Lipinski definition) is 3. The molecule has 24 heavy (non-hydrogen) atoms. The number of fused-ring (bicyclic) bond motifs is 1. The smallest absolute Gasteiger partial charge is 0.0955 e. The monoisotopic (exact) mass is 324 g/mol. The third-order valence-electron chi connectivity index (χ3n) is 4.01. The third-order valence-corrected chi connectivity index (χ3v) is 4.01. The topological polar surface area (TPSA) is 51.8 Å². The van der Waals surface area contributed by atoms with Gasteiger partial charge in [-0.2, -0.15) is 0 Å². The zero-order valence-electron chi connectivity index (χ0n) is 12.7. The Bertz CT molecular complexity index is 879. The van der Waals surface area contributed by atoms with E-state index in [2.05, 4.69) is 58.9 Å². The quantitative estimate of drug-likeness (QED) is 0.699. The second kappa shape index (κ2) is 6.79. The van der Waals surface area contributed by atoms with Crippen molar-refractivity contribution >= 4 is 22.4 Å². The van der Waals surface area contributed by atoms with Crippen molar-refractivity contribution in [2.45, 2.75) is 28.2 Å². The van der Waals surface area contributed by atoms with E-state index in [4.69, 9.17) is 0 Å². The number of rotatable bonds is 4. The van der Waals surface area contributed by atoms with Crippen LogP contribution in [0.2, 0.25) is 0 Å². The Balaban J connectivity index is 0.00000104. The van der Waals surface area contributed by atoms with Crippen LogP contribution in [-0.4, -0.2) is 9.55 Å². The highest BCUT2D eigenvalue weighted by Crippen LogP contribution is 2.25. The normalized spacial score (nSPS) is 11.8. The van der Waals surface area contributed by atoms with E-state index in [9.17, 15) is 0 Å². The summed E-state index contributed by atoms with van der Waals surface area (Å²) in [6.07, 6.45) is 4.88. The zero-order chi connectivity index (χ0) is 15.1. The molecular weight excluding hydrogens is 296 g/mol. The minimum atomic E-state index is 0. The van der Waals surface area contributed by atoms with E-state index in [0.29, 0.717) is 0 Å².